The number of nitrogens with zero attached hydrogens (tertiary/aromatic N) is 2. The second-order valence-electron chi connectivity index (χ2n) is 7.78. The number of fused-ring (bicyclic) bond motifs is 1. The molecular formula is C22H27N4O3+. The number of hydrogen-bond donors (Lipinski definition) is 3. The van der Waals surface area contributed by atoms with Crippen LogP contribution in [0.4, 0.5) is 17.1 Å². The third-order valence-corrected chi connectivity index (χ3v) is 5.72. The van der Waals surface area contributed by atoms with Gasteiger partial charge in [0.15, 0.2) is 6.54 Å². The number of piperazine rings is 1. The summed E-state index contributed by atoms with van der Waals surface area (Å²) in [6.45, 7) is 5.52. The highest BCUT2D eigenvalue weighted by Crippen LogP contribution is 2.31. The minimum absolute atomic E-state index is 0.0347. The first-order valence-electron chi connectivity index (χ1n) is 10.1. The quantitative estimate of drug-likeness (QED) is 0.721. The molecule has 0 saturated carbocycles. The van der Waals surface area contributed by atoms with Crippen molar-refractivity contribution in [1.82, 2.24) is 0 Å². The predicted octanol–water partition coefficient (Wildman–Crippen LogP) is 0.861. The van der Waals surface area contributed by atoms with Gasteiger partial charge in [-0.05, 0) is 31.2 Å². The van der Waals surface area contributed by atoms with Crippen molar-refractivity contribution >= 4 is 28.9 Å². The number of carbonyl (C=O) groups is 2. The van der Waals surface area contributed by atoms with Crippen molar-refractivity contribution in [3.05, 3.63) is 48.5 Å². The number of para-hydroxylation sites is 4. The van der Waals surface area contributed by atoms with Gasteiger partial charge in [-0.2, -0.15) is 0 Å². The fraction of sp³-hybridized carbons (Fsp3) is 0.364. The van der Waals surface area contributed by atoms with Crippen LogP contribution < -0.4 is 20.0 Å². The Balaban J connectivity index is 1.43. The Morgan fingerprint density at radius 1 is 1.10 bits per heavy atom. The number of aromatic hydroxyl groups is 1. The molecule has 0 radical (unpaired) electrons. The molecule has 152 valence electrons. The summed E-state index contributed by atoms with van der Waals surface area (Å²) in [6.07, 6.45) is 0.289. The van der Waals surface area contributed by atoms with Crippen molar-refractivity contribution in [2.24, 2.45) is 0 Å². The smallest absolute Gasteiger partial charge is 0.282 e. The molecule has 0 spiro atoms. The number of hydrogen-bond acceptors (Lipinski definition) is 4. The van der Waals surface area contributed by atoms with Crippen molar-refractivity contribution in [1.29, 1.82) is 0 Å². The lowest BCUT2D eigenvalue weighted by atomic mass is 10.1. The van der Waals surface area contributed by atoms with Crippen molar-refractivity contribution in [3.8, 4) is 5.75 Å². The van der Waals surface area contributed by atoms with Crippen LogP contribution in [-0.4, -0.2) is 55.7 Å². The van der Waals surface area contributed by atoms with Crippen LogP contribution in [0.25, 0.3) is 0 Å². The first kappa shape index (κ1) is 19.3. The summed E-state index contributed by atoms with van der Waals surface area (Å²) in [5.41, 5.74) is 2.30. The molecule has 0 aliphatic carbocycles. The molecule has 2 aromatic rings. The molecule has 0 unspecified atom stereocenters. The average molecular weight is 395 g/mol. The Labute approximate surface area is 170 Å². The van der Waals surface area contributed by atoms with Gasteiger partial charge in [-0.1, -0.05) is 24.3 Å². The molecule has 2 aromatic carbocycles. The van der Waals surface area contributed by atoms with E-state index in [1.807, 2.05) is 49.4 Å². The Morgan fingerprint density at radius 2 is 1.76 bits per heavy atom. The van der Waals surface area contributed by atoms with Crippen LogP contribution >= 0.6 is 0 Å². The van der Waals surface area contributed by atoms with E-state index in [9.17, 15) is 14.7 Å². The zero-order chi connectivity index (χ0) is 20.4. The van der Waals surface area contributed by atoms with Gasteiger partial charge in [-0.15, -0.1) is 0 Å². The van der Waals surface area contributed by atoms with E-state index in [0.717, 1.165) is 37.6 Å². The molecule has 4 rings (SSSR count). The van der Waals surface area contributed by atoms with Gasteiger partial charge in [0.25, 0.3) is 5.91 Å². The largest absolute Gasteiger partial charge is 0.506 e. The van der Waals surface area contributed by atoms with Crippen LogP contribution in [0, 0.1) is 0 Å². The molecule has 7 heteroatoms. The molecular weight excluding hydrogens is 368 g/mol. The SMILES string of the molecule is C[C@@H]1CC(=O)Nc2ccccc2N1C(=O)C[NH+]1CCN(c2ccccc2O)CC1. The standard InChI is InChI=1S/C22H26N4O3/c1-16-14-21(28)23-17-6-2-3-7-18(17)26(16)22(29)15-24-10-12-25(13-11-24)19-8-4-5-9-20(19)27/h2-9,16,27H,10-15H2,1H3,(H,23,28)/p+1/t16-/m1/s1. The van der Waals surface area contributed by atoms with Gasteiger partial charge in [0.2, 0.25) is 5.91 Å². The van der Waals surface area contributed by atoms with Crippen LogP contribution in [0.15, 0.2) is 48.5 Å². The van der Waals surface area contributed by atoms with Crippen LogP contribution in [-0.2, 0) is 9.59 Å². The van der Waals surface area contributed by atoms with E-state index in [-0.39, 0.29) is 24.3 Å². The molecule has 1 atom stereocenters. The lowest BCUT2D eigenvalue weighted by Gasteiger charge is -2.35. The molecule has 2 aliphatic heterocycles. The van der Waals surface area contributed by atoms with Crippen LogP contribution in [0.5, 0.6) is 5.75 Å². The van der Waals surface area contributed by atoms with Gasteiger partial charge in [-0.25, -0.2) is 0 Å². The van der Waals surface area contributed by atoms with Gasteiger partial charge in [0.05, 0.1) is 43.2 Å². The molecule has 2 amide bonds. The number of nitrogens with one attached hydrogen (secondary N) is 2. The van der Waals surface area contributed by atoms with Crippen LogP contribution in [0.2, 0.25) is 0 Å². The number of carbonyl (C=O) groups excluding carboxylic acids is 2. The average Bonchev–Trinajstić information content (AvgIpc) is 2.83. The normalized spacial score (nSPS) is 20.0. The summed E-state index contributed by atoms with van der Waals surface area (Å²) >= 11 is 0. The van der Waals surface area contributed by atoms with Gasteiger partial charge < -0.3 is 25.1 Å². The first-order valence-corrected chi connectivity index (χ1v) is 10.1. The Kier molecular flexibility index (Phi) is 5.40. The number of phenolic OH excluding ortho intramolecular Hbond substituents is 1. The number of anilines is 3. The Morgan fingerprint density at radius 3 is 2.48 bits per heavy atom. The highest BCUT2D eigenvalue weighted by Gasteiger charge is 2.32. The van der Waals surface area contributed by atoms with Crippen molar-refractivity contribution < 1.29 is 19.6 Å². The zero-order valence-electron chi connectivity index (χ0n) is 16.6. The van der Waals surface area contributed by atoms with Gasteiger partial charge in [-0.3, -0.25) is 9.59 Å². The summed E-state index contributed by atoms with van der Waals surface area (Å²) in [4.78, 5) is 30.5. The number of amides is 2. The highest BCUT2D eigenvalue weighted by atomic mass is 16.3. The second-order valence-corrected chi connectivity index (χ2v) is 7.78. The van der Waals surface area contributed by atoms with Gasteiger partial charge >= 0.3 is 0 Å². The van der Waals surface area contributed by atoms with E-state index in [1.54, 1.807) is 11.0 Å². The summed E-state index contributed by atoms with van der Waals surface area (Å²) in [5.74, 6) is 0.260. The third kappa shape index (κ3) is 4.05. The van der Waals surface area contributed by atoms with Crippen LogP contribution in [0.3, 0.4) is 0 Å². The van der Waals surface area contributed by atoms with E-state index >= 15 is 0 Å². The summed E-state index contributed by atoms with van der Waals surface area (Å²) in [7, 11) is 0. The van der Waals surface area contributed by atoms with Crippen LogP contribution in [0.1, 0.15) is 13.3 Å². The monoisotopic (exact) mass is 395 g/mol. The maximum absolute atomic E-state index is 13.2. The fourth-order valence-corrected chi connectivity index (χ4v) is 4.24. The summed E-state index contributed by atoms with van der Waals surface area (Å²) in [6, 6.07) is 14.7. The molecule has 0 aromatic heterocycles. The third-order valence-electron chi connectivity index (χ3n) is 5.72. The number of benzene rings is 2. The minimum Gasteiger partial charge on any atom is -0.506 e. The maximum atomic E-state index is 13.2. The Bertz CT molecular complexity index is 908. The molecule has 3 N–H and O–H groups in total. The molecule has 1 saturated heterocycles. The summed E-state index contributed by atoms with van der Waals surface area (Å²) in [5, 5.41) is 13.0. The van der Waals surface area contributed by atoms with E-state index in [4.69, 9.17) is 0 Å². The molecule has 0 bridgehead atoms. The number of quaternary nitrogens is 1. The minimum atomic E-state index is -0.187. The van der Waals surface area contributed by atoms with Crippen molar-refractivity contribution in [2.45, 2.75) is 19.4 Å². The van der Waals surface area contributed by atoms with Gasteiger partial charge in [0, 0.05) is 12.5 Å². The second kappa shape index (κ2) is 8.13. The van der Waals surface area contributed by atoms with E-state index in [0.29, 0.717) is 18.0 Å². The molecule has 7 nitrogen and oxygen atoms in total. The van der Waals surface area contributed by atoms with Crippen molar-refractivity contribution in [2.75, 3.05) is 47.8 Å². The maximum Gasteiger partial charge on any atom is 0.282 e. The molecule has 2 heterocycles. The van der Waals surface area contributed by atoms with E-state index in [1.165, 1.54) is 4.90 Å². The van der Waals surface area contributed by atoms with Crippen molar-refractivity contribution in [3.63, 3.8) is 0 Å². The Hall–Kier alpha value is -3.06. The number of phenols is 1. The lowest BCUT2D eigenvalue weighted by molar-refractivity contribution is -0.892. The molecule has 29 heavy (non-hydrogen) atoms. The molecule has 2 aliphatic rings. The first-order chi connectivity index (χ1) is 14.0. The lowest BCUT2D eigenvalue weighted by Crippen LogP contribution is -3.16. The summed E-state index contributed by atoms with van der Waals surface area (Å²) < 4.78 is 0. The topological polar surface area (TPSA) is 77.3 Å². The number of rotatable bonds is 3. The van der Waals surface area contributed by atoms with E-state index in [2.05, 4.69) is 10.2 Å². The zero-order valence-corrected chi connectivity index (χ0v) is 16.6. The van der Waals surface area contributed by atoms with E-state index < -0.39 is 0 Å². The van der Waals surface area contributed by atoms with Gasteiger partial charge in [0.1, 0.15) is 5.75 Å². The predicted molar refractivity (Wildman–Crippen MR) is 113 cm³/mol. The molecule has 1 fully saturated rings. The highest BCUT2D eigenvalue weighted by molar-refractivity contribution is 6.04. The fourth-order valence-electron chi connectivity index (χ4n) is 4.24.